The molecule has 0 radical (unpaired) electrons. The summed E-state index contributed by atoms with van der Waals surface area (Å²) < 4.78 is 0. The van der Waals surface area contributed by atoms with Crippen LogP contribution >= 0.6 is 0 Å². The van der Waals surface area contributed by atoms with Crippen molar-refractivity contribution in [2.45, 2.75) is 39.3 Å². The van der Waals surface area contributed by atoms with Crippen molar-refractivity contribution in [1.82, 2.24) is 10.2 Å². The maximum atomic E-state index is 8.92. The van der Waals surface area contributed by atoms with E-state index in [1.807, 2.05) is 18.2 Å². The second-order valence-electron chi connectivity index (χ2n) is 6.05. The van der Waals surface area contributed by atoms with Crippen molar-refractivity contribution in [3.63, 3.8) is 0 Å². The Morgan fingerprint density at radius 1 is 1.38 bits per heavy atom. The van der Waals surface area contributed by atoms with Gasteiger partial charge in [0, 0.05) is 19.1 Å². The molecule has 0 bridgehead atoms. The van der Waals surface area contributed by atoms with Crippen molar-refractivity contribution in [1.29, 1.82) is 5.26 Å². The van der Waals surface area contributed by atoms with Gasteiger partial charge < -0.3 is 5.32 Å². The molecule has 112 valence electrons. The fourth-order valence-corrected chi connectivity index (χ4v) is 2.64. The highest BCUT2D eigenvalue weighted by Crippen LogP contribution is 2.12. The molecule has 3 heteroatoms. The van der Waals surface area contributed by atoms with E-state index in [-0.39, 0.29) is 0 Å². The average molecular weight is 283 g/mol. The lowest BCUT2D eigenvalue weighted by Gasteiger charge is -2.31. The van der Waals surface area contributed by atoms with Crippen molar-refractivity contribution in [2.24, 2.45) is 0 Å². The van der Waals surface area contributed by atoms with Crippen LogP contribution in [0.4, 0.5) is 0 Å². The van der Waals surface area contributed by atoms with E-state index in [4.69, 9.17) is 5.26 Å². The molecule has 0 aromatic heterocycles. The number of piperidine rings is 1. The minimum absolute atomic E-state index is 0.596. The number of nitriles is 1. The second-order valence-corrected chi connectivity index (χ2v) is 6.05. The van der Waals surface area contributed by atoms with E-state index in [9.17, 15) is 0 Å². The molecule has 1 aromatic rings. The van der Waals surface area contributed by atoms with Gasteiger partial charge in [-0.3, -0.25) is 4.90 Å². The van der Waals surface area contributed by atoms with Crippen LogP contribution in [0.5, 0.6) is 0 Å². The smallest absolute Gasteiger partial charge is 0.0991 e. The second kappa shape index (κ2) is 7.97. The number of benzene rings is 1. The van der Waals surface area contributed by atoms with Gasteiger partial charge in [-0.05, 0) is 57.5 Å². The van der Waals surface area contributed by atoms with Gasteiger partial charge in [0.05, 0.1) is 11.6 Å². The van der Waals surface area contributed by atoms with E-state index < -0.39 is 0 Å². The summed E-state index contributed by atoms with van der Waals surface area (Å²) in [7, 11) is 0. The molecule has 1 aromatic carbocycles. The highest BCUT2D eigenvalue weighted by Gasteiger charge is 2.17. The first kappa shape index (κ1) is 15.8. The summed E-state index contributed by atoms with van der Waals surface area (Å²) in [6, 6.07) is 10.6. The number of allylic oxidation sites excluding steroid dienone is 1. The molecular weight excluding hydrogens is 258 g/mol. The molecule has 1 aliphatic heterocycles. The highest BCUT2D eigenvalue weighted by molar-refractivity contribution is 5.32. The Bertz CT molecular complexity index is 516. The first-order valence-electron chi connectivity index (χ1n) is 7.75. The van der Waals surface area contributed by atoms with Gasteiger partial charge in [0.1, 0.15) is 0 Å². The lowest BCUT2D eigenvalue weighted by atomic mass is 10.0. The van der Waals surface area contributed by atoms with E-state index in [1.165, 1.54) is 37.1 Å². The van der Waals surface area contributed by atoms with Gasteiger partial charge >= 0.3 is 0 Å². The van der Waals surface area contributed by atoms with Crippen LogP contribution in [-0.2, 0) is 6.54 Å². The van der Waals surface area contributed by atoms with E-state index in [0.717, 1.165) is 18.7 Å². The molecule has 0 spiro atoms. The highest BCUT2D eigenvalue weighted by atomic mass is 15.1. The van der Waals surface area contributed by atoms with Gasteiger partial charge in [-0.25, -0.2) is 0 Å². The van der Waals surface area contributed by atoms with Crippen LogP contribution in [-0.4, -0.2) is 30.6 Å². The van der Waals surface area contributed by atoms with Crippen molar-refractivity contribution in [3.8, 4) is 6.07 Å². The zero-order valence-electron chi connectivity index (χ0n) is 13.1. The largest absolute Gasteiger partial charge is 0.310 e. The molecule has 3 nitrogen and oxygen atoms in total. The van der Waals surface area contributed by atoms with Crippen molar-refractivity contribution >= 4 is 0 Å². The average Bonchev–Trinajstić information content (AvgIpc) is 2.52. The zero-order valence-corrected chi connectivity index (χ0v) is 13.1. The Kier molecular flexibility index (Phi) is 5.98. The summed E-state index contributed by atoms with van der Waals surface area (Å²) in [6.45, 7) is 8.58. The van der Waals surface area contributed by atoms with Crippen LogP contribution in [0.15, 0.2) is 35.9 Å². The van der Waals surface area contributed by atoms with Gasteiger partial charge in [-0.15, -0.1) is 0 Å². The van der Waals surface area contributed by atoms with Crippen molar-refractivity contribution < 1.29 is 0 Å². The molecule has 1 saturated heterocycles. The van der Waals surface area contributed by atoms with Crippen molar-refractivity contribution in [2.75, 3.05) is 19.6 Å². The van der Waals surface area contributed by atoms with E-state index in [0.29, 0.717) is 6.04 Å². The Morgan fingerprint density at radius 2 is 2.14 bits per heavy atom. The minimum Gasteiger partial charge on any atom is -0.310 e. The number of hydrogen-bond acceptors (Lipinski definition) is 3. The summed E-state index contributed by atoms with van der Waals surface area (Å²) in [5.41, 5.74) is 3.33. The minimum atomic E-state index is 0.596. The van der Waals surface area contributed by atoms with Crippen LogP contribution < -0.4 is 5.32 Å². The number of hydrogen-bond donors (Lipinski definition) is 1. The van der Waals surface area contributed by atoms with E-state index in [2.05, 4.69) is 42.3 Å². The van der Waals surface area contributed by atoms with E-state index in [1.54, 1.807) is 0 Å². The number of nitrogens with one attached hydrogen (secondary N) is 1. The quantitative estimate of drug-likeness (QED) is 0.844. The van der Waals surface area contributed by atoms with Gasteiger partial charge in [-0.1, -0.05) is 23.8 Å². The van der Waals surface area contributed by atoms with E-state index >= 15 is 0 Å². The number of nitrogens with zero attached hydrogens (tertiary/aromatic N) is 2. The molecule has 21 heavy (non-hydrogen) atoms. The predicted octanol–water partition coefficient (Wildman–Crippen LogP) is 3.08. The monoisotopic (exact) mass is 283 g/mol. The molecule has 0 aliphatic carbocycles. The predicted molar refractivity (Wildman–Crippen MR) is 86.9 cm³/mol. The van der Waals surface area contributed by atoms with Gasteiger partial charge in [0.15, 0.2) is 0 Å². The topological polar surface area (TPSA) is 39.1 Å². The van der Waals surface area contributed by atoms with Crippen LogP contribution in [0.1, 0.15) is 37.8 Å². The maximum Gasteiger partial charge on any atom is 0.0991 e. The third-order valence-electron chi connectivity index (χ3n) is 4.00. The molecule has 0 saturated carbocycles. The number of likely N-dealkylation sites (tertiary alicyclic amines) is 1. The van der Waals surface area contributed by atoms with Gasteiger partial charge in [0.25, 0.3) is 0 Å². The zero-order chi connectivity index (χ0) is 15.1. The van der Waals surface area contributed by atoms with Crippen LogP contribution in [0.2, 0.25) is 0 Å². The summed E-state index contributed by atoms with van der Waals surface area (Å²) in [5, 5.41) is 12.5. The summed E-state index contributed by atoms with van der Waals surface area (Å²) in [5.74, 6) is 0. The fraction of sp³-hybridized carbons (Fsp3) is 0.500. The Morgan fingerprint density at radius 3 is 2.81 bits per heavy atom. The third kappa shape index (κ3) is 5.34. The molecule has 1 fully saturated rings. The standard InChI is InChI=1S/C18H25N3/c1-15(2)6-9-21-10-7-18(8-11-21)20-14-17-5-3-4-16(12-17)13-19/h3-6,12,18,20H,7-11,14H2,1-2H3. The maximum absolute atomic E-state index is 8.92. The molecule has 2 rings (SSSR count). The first-order chi connectivity index (χ1) is 10.2. The van der Waals surface area contributed by atoms with Crippen LogP contribution in [0.3, 0.4) is 0 Å². The Labute approximate surface area is 128 Å². The molecular formula is C18H25N3. The molecule has 1 N–H and O–H groups in total. The molecule has 1 heterocycles. The molecule has 0 atom stereocenters. The molecule has 0 amide bonds. The number of rotatable bonds is 5. The molecule has 0 unspecified atom stereocenters. The lowest BCUT2D eigenvalue weighted by molar-refractivity contribution is 0.214. The summed E-state index contributed by atoms with van der Waals surface area (Å²) in [4.78, 5) is 2.52. The Hall–Kier alpha value is -1.63. The molecule has 1 aliphatic rings. The normalized spacial score (nSPS) is 16.4. The SMILES string of the molecule is CC(C)=CCN1CCC(NCc2cccc(C#N)c2)CC1. The van der Waals surface area contributed by atoms with Crippen LogP contribution in [0, 0.1) is 11.3 Å². The first-order valence-corrected chi connectivity index (χ1v) is 7.75. The van der Waals surface area contributed by atoms with Gasteiger partial charge in [0.2, 0.25) is 0 Å². The summed E-state index contributed by atoms with van der Waals surface area (Å²) >= 11 is 0. The summed E-state index contributed by atoms with van der Waals surface area (Å²) in [6.07, 6.45) is 4.71. The van der Waals surface area contributed by atoms with Crippen molar-refractivity contribution in [3.05, 3.63) is 47.0 Å². The lowest BCUT2D eigenvalue weighted by Crippen LogP contribution is -2.42. The Balaban J connectivity index is 1.74. The third-order valence-corrected chi connectivity index (χ3v) is 4.00. The van der Waals surface area contributed by atoms with Crippen LogP contribution in [0.25, 0.3) is 0 Å². The van der Waals surface area contributed by atoms with Gasteiger partial charge in [-0.2, -0.15) is 5.26 Å². The fourth-order valence-electron chi connectivity index (χ4n) is 2.64.